The highest BCUT2D eigenvalue weighted by molar-refractivity contribution is 7.86. The van der Waals surface area contributed by atoms with Gasteiger partial charge in [-0.2, -0.15) is 8.42 Å². The molecule has 6 heteroatoms. The molecule has 0 radical (unpaired) electrons. The van der Waals surface area contributed by atoms with Crippen molar-refractivity contribution in [3.63, 3.8) is 0 Å². The van der Waals surface area contributed by atoms with Gasteiger partial charge in [0.2, 0.25) is 0 Å². The molecule has 1 aromatic heterocycles. The second-order valence-electron chi connectivity index (χ2n) is 4.51. The second-order valence-corrected chi connectivity index (χ2v) is 6.33. The van der Waals surface area contributed by atoms with Gasteiger partial charge in [0.15, 0.2) is 0 Å². The Labute approximate surface area is 126 Å². The molecule has 1 heterocycles. The summed E-state index contributed by atoms with van der Waals surface area (Å²) in [5.41, 5.74) is 1.66. The van der Waals surface area contributed by atoms with Crippen molar-refractivity contribution in [1.82, 2.24) is 4.98 Å². The average Bonchev–Trinajstić information content (AvgIpc) is 2.46. The summed E-state index contributed by atoms with van der Waals surface area (Å²) in [4.78, 5) is 4.16. The maximum atomic E-state index is 11.4. The van der Waals surface area contributed by atoms with Crippen LogP contribution in [0.5, 0.6) is 0 Å². The van der Waals surface area contributed by atoms with Gasteiger partial charge >= 0.3 is 0 Å². The first-order chi connectivity index (χ1) is 9.95. The fraction of sp³-hybridized carbons (Fsp3) is 0. The van der Waals surface area contributed by atoms with Gasteiger partial charge < -0.3 is 0 Å². The van der Waals surface area contributed by atoms with E-state index in [0.29, 0.717) is 16.1 Å². The molecule has 0 saturated carbocycles. The summed E-state index contributed by atoms with van der Waals surface area (Å²) in [6.45, 7) is 0. The van der Waals surface area contributed by atoms with Crippen LogP contribution in [0.4, 0.5) is 0 Å². The molecule has 0 aliphatic heterocycles. The lowest BCUT2D eigenvalue weighted by Gasteiger charge is -2.06. The van der Waals surface area contributed by atoms with Crippen molar-refractivity contribution >= 4 is 32.6 Å². The largest absolute Gasteiger partial charge is 0.296 e. The van der Waals surface area contributed by atoms with Crippen molar-refractivity contribution in [3.05, 3.63) is 59.6 Å². The van der Waals surface area contributed by atoms with E-state index in [9.17, 15) is 13.0 Å². The molecule has 0 aliphatic rings. The monoisotopic (exact) mass is 319 g/mol. The Kier molecular flexibility index (Phi) is 3.41. The fourth-order valence-electron chi connectivity index (χ4n) is 2.11. The summed E-state index contributed by atoms with van der Waals surface area (Å²) in [6.07, 6.45) is 0. The molecule has 0 aliphatic carbocycles. The van der Waals surface area contributed by atoms with Crippen LogP contribution in [0.15, 0.2) is 59.5 Å². The molecular formula is C15H10ClNO3S. The van der Waals surface area contributed by atoms with E-state index in [-0.39, 0.29) is 10.4 Å². The molecule has 3 rings (SSSR count). The van der Waals surface area contributed by atoms with E-state index in [4.69, 9.17) is 11.6 Å². The Balaban J connectivity index is 2.26. The summed E-state index contributed by atoms with van der Waals surface area (Å²) in [7, 11) is -4.32. The molecule has 0 spiro atoms. The Hall–Kier alpha value is -1.95. The zero-order chi connectivity index (χ0) is 15.0. The van der Waals surface area contributed by atoms with E-state index >= 15 is 0 Å². The van der Waals surface area contributed by atoms with Crippen LogP contribution in [-0.2, 0) is 10.1 Å². The number of pyridine rings is 1. The fourth-order valence-corrected chi connectivity index (χ4v) is 2.89. The van der Waals surface area contributed by atoms with Gasteiger partial charge in [-0.1, -0.05) is 41.9 Å². The van der Waals surface area contributed by atoms with Gasteiger partial charge in [-0.25, -0.2) is 4.98 Å². The lowest BCUT2D eigenvalue weighted by Crippen LogP contribution is -2.00. The van der Waals surface area contributed by atoms with Gasteiger partial charge in [-0.15, -0.1) is 0 Å². The molecule has 0 fully saturated rings. The third-order valence-corrected chi connectivity index (χ3v) is 4.24. The van der Waals surface area contributed by atoms with Crippen LogP contribution in [0, 0.1) is 0 Å². The minimum Gasteiger partial charge on any atom is -0.282 e. The van der Waals surface area contributed by atoms with Gasteiger partial charge in [0.1, 0.15) is 4.90 Å². The molecule has 0 bridgehead atoms. The van der Waals surface area contributed by atoms with Crippen LogP contribution >= 0.6 is 11.6 Å². The summed E-state index contributed by atoms with van der Waals surface area (Å²) < 4.78 is 32.2. The Morgan fingerprint density at radius 3 is 2.33 bits per heavy atom. The van der Waals surface area contributed by atoms with Crippen LogP contribution in [0.2, 0.25) is 5.02 Å². The zero-order valence-corrected chi connectivity index (χ0v) is 12.3. The van der Waals surface area contributed by atoms with Gasteiger partial charge in [0, 0.05) is 16.0 Å². The van der Waals surface area contributed by atoms with Crippen molar-refractivity contribution < 1.29 is 13.0 Å². The smallest absolute Gasteiger partial charge is 0.282 e. The van der Waals surface area contributed by atoms with Crippen molar-refractivity contribution in [1.29, 1.82) is 0 Å². The van der Waals surface area contributed by atoms with E-state index in [1.165, 1.54) is 6.07 Å². The summed E-state index contributed by atoms with van der Waals surface area (Å²) >= 11 is 5.85. The molecule has 0 unspecified atom stereocenters. The topological polar surface area (TPSA) is 67.3 Å². The van der Waals surface area contributed by atoms with Crippen LogP contribution < -0.4 is 0 Å². The van der Waals surface area contributed by atoms with Crippen molar-refractivity contribution in [2.45, 2.75) is 4.90 Å². The predicted octanol–water partition coefficient (Wildman–Crippen LogP) is 3.80. The quantitative estimate of drug-likeness (QED) is 0.729. The minimum atomic E-state index is -4.32. The predicted molar refractivity (Wildman–Crippen MR) is 82.0 cm³/mol. The number of nitrogens with zero attached hydrogens (tertiary/aromatic N) is 1. The second kappa shape index (κ2) is 5.11. The number of halogens is 1. The molecular weight excluding hydrogens is 310 g/mol. The normalized spacial score (nSPS) is 11.7. The number of hydrogen-bond donors (Lipinski definition) is 1. The Bertz CT molecular complexity index is 921. The van der Waals surface area contributed by atoms with Crippen molar-refractivity contribution in [2.24, 2.45) is 0 Å². The van der Waals surface area contributed by atoms with Gasteiger partial charge in [-0.05, 0) is 24.3 Å². The van der Waals surface area contributed by atoms with Crippen LogP contribution in [0.3, 0.4) is 0 Å². The maximum absolute atomic E-state index is 11.4. The number of fused-ring (bicyclic) bond motifs is 1. The van der Waals surface area contributed by atoms with Crippen molar-refractivity contribution in [2.75, 3.05) is 0 Å². The third-order valence-electron chi connectivity index (χ3n) is 3.10. The SMILES string of the molecule is O=S(=O)(O)c1cccc2ccc(-c3ccc(Cl)cc3)nc12. The van der Waals surface area contributed by atoms with E-state index in [1.54, 1.807) is 48.5 Å². The lowest BCUT2D eigenvalue weighted by atomic mass is 10.1. The van der Waals surface area contributed by atoms with Gasteiger partial charge in [0.05, 0.1) is 11.2 Å². The average molecular weight is 320 g/mol. The van der Waals surface area contributed by atoms with Crippen LogP contribution in [0.1, 0.15) is 0 Å². The first kappa shape index (κ1) is 14.0. The zero-order valence-electron chi connectivity index (χ0n) is 10.7. The Morgan fingerprint density at radius 2 is 1.67 bits per heavy atom. The summed E-state index contributed by atoms with van der Waals surface area (Å²) in [5, 5.41) is 1.25. The standard InChI is InChI=1S/C15H10ClNO3S/c16-12-7-4-10(5-8-12)13-9-6-11-2-1-3-14(15(11)17-13)21(18,19)20/h1-9H,(H,18,19,20). The maximum Gasteiger partial charge on any atom is 0.296 e. The number of hydrogen-bond acceptors (Lipinski definition) is 3. The third kappa shape index (κ3) is 2.76. The first-order valence-electron chi connectivity index (χ1n) is 6.08. The van der Waals surface area contributed by atoms with Gasteiger partial charge in [-0.3, -0.25) is 4.55 Å². The molecule has 106 valence electrons. The van der Waals surface area contributed by atoms with Crippen LogP contribution in [-0.4, -0.2) is 18.0 Å². The van der Waals surface area contributed by atoms with Crippen molar-refractivity contribution in [3.8, 4) is 11.3 Å². The highest BCUT2D eigenvalue weighted by atomic mass is 35.5. The minimum absolute atomic E-state index is 0.198. The summed E-state index contributed by atoms with van der Waals surface area (Å²) in [6, 6.07) is 15.3. The number of rotatable bonds is 2. The lowest BCUT2D eigenvalue weighted by molar-refractivity contribution is 0.484. The number of benzene rings is 2. The Morgan fingerprint density at radius 1 is 0.952 bits per heavy atom. The van der Waals surface area contributed by atoms with E-state index in [2.05, 4.69) is 4.98 Å². The first-order valence-corrected chi connectivity index (χ1v) is 7.90. The highest BCUT2D eigenvalue weighted by Crippen LogP contribution is 2.26. The molecule has 0 amide bonds. The molecule has 21 heavy (non-hydrogen) atoms. The molecule has 1 N–H and O–H groups in total. The molecule has 0 saturated heterocycles. The molecule has 2 aromatic carbocycles. The number of para-hydroxylation sites is 1. The number of aromatic nitrogens is 1. The van der Waals surface area contributed by atoms with Crippen LogP contribution in [0.25, 0.3) is 22.2 Å². The molecule has 3 aromatic rings. The molecule has 0 atom stereocenters. The van der Waals surface area contributed by atoms with E-state index in [0.717, 1.165) is 5.56 Å². The van der Waals surface area contributed by atoms with Gasteiger partial charge in [0.25, 0.3) is 10.1 Å². The summed E-state index contributed by atoms with van der Waals surface area (Å²) in [5.74, 6) is 0. The van der Waals surface area contributed by atoms with E-state index in [1.807, 2.05) is 0 Å². The van der Waals surface area contributed by atoms with E-state index < -0.39 is 10.1 Å². The highest BCUT2D eigenvalue weighted by Gasteiger charge is 2.15. The molecule has 4 nitrogen and oxygen atoms in total.